The maximum atomic E-state index is 12.6. The van der Waals surface area contributed by atoms with Crippen LogP contribution in [0, 0.1) is 6.92 Å². The van der Waals surface area contributed by atoms with E-state index in [1.54, 1.807) is 21.6 Å². The van der Waals surface area contributed by atoms with E-state index in [0.29, 0.717) is 5.82 Å². The fourth-order valence-corrected chi connectivity index (χ4v) is 2.89. The molecule has 0 atom stereocenters. The normalized spacial score (nSPS) is 10.7. The van der Waals surface area contributed by atoms with E-state index in [2.05, 4.69) is 10.3 Å². The van der Waals surface area contributed by atoms with E-state index in [1.807, 2.05) is 73.7 Å². The van der Waals surface area contributed by atoms with Crippen molar-refractivity contribution >= 4 is 11.7 Å². The molecule has 1 N–H and O–H groups in total. The molecule has 134 valence electrons. The van der Waals surface area contributed by atoms with E-state index < -0.39 is 0 Å². The number of aryl methyl sites for hydroxylation is 1. The molecule has 0 bridgehead atoms. The van der Waals surface area contributed by atoms with E-state index >= 15 is 0 Å². The average molecular weight is 357 g/mol. The molecule has 27 heavy (non-hydrogen) atoms. The lowest BCUT2D eigenvalue weighted by Gasteiger charge is -2.09. The quantitative estimate of drug-likeness (QED) is 0.592. The molecular formula is C21H19N5O. The van der Waals surface area contributed by atoms with Gasteiger partial charge in [-0.2, -0.15) is 5.10 Å². The smallest absolute Gasteiger partial charge is 0.245 e. The van der Waals surface area contributed by atoms with E-state index in [4.69, 9.17) is 5.10 Å². The number of para-hydroxylation sites is 1. The molecule has 0 fully saturated rings. The number of hydrogen-bond donors (Lipinski definition) is 1. The van der Waals surface area contributed by atoms with Gasteiger partial charge in [0.25, 0.3) is 0 Å². The van der Waals surface area contributed by atoms with Gasteiger partial charge in [0, 0.05) is 24.0 Å². The number of rotatable bonds is 5. The molecule has 0 radical (unpaired) electrons. The van der Waals surface area contributed by atoms with Crippen LogP contribution in [-0.2, 0) is 11.3 Å². The highest BCUT2D eigenvalue weighted by Gasteiger charge is 2.14. The zero-order valence-corrected chi connectivity index (χ0v) is 14.9. The van der Waals surface area contributed by atoms with Crippen molar-refractivity contribution in [2.24, 2.45) is 0 Å². The van der Waals surface area contributed by atoms with E-state index in [1.165, 1.54) is 0 Å². The van der Waals surface area contributed by atoms with Gasteiger partial charge in [-0.1, -0.05) is 48.5 Å². The number of hydrogen-bond acceptors (Lipinski definition) is 3. The van der Waals surface area contributed by atoms with Crippen molar-refractivity contribution in [3.8, 4) is 16.9 Å². The second-order valence-corrected chi connectivity index (χ2v) is 6.18. The van der Waals surface area contributed by atoms with Crippen molar-refractivity contribution in [1.82, 2.24) is 19.3 Å². The fraction of sp³-hybridized carbons (Fsp3) is 0.0952. The van der Waals surface area contributed by atoms with Crippen LogP contribution in [0.15, 0.2) is 79.1 Å². The number of nitrogens with zero attached hydrogens (tertiary/aromatic N) is 4. The van der Waals surface area contributed by atoms with Gasteiger partial charge in [0.2, 0.25) is 5.91 Å². The number of nitrogens with one attached hydrogen (secondary N) is 1. The van der Waals surface area contributed by atoms with Crippen LogP contribution in [0.3, 0.4) is 0 Å². The summed E-state index contributed by atoms with van der Waals surface area (Å²) in [5.41, 5.74) is 2.68. The fourth-order valence-electron chi connectivity index (χ4n) is 2.89. The van der Waals surface area contributed by atoms with E-state index in [9.17, 15) is 4.79 Å². The molecule has 0 unspecified atom stereocenters. The molecule has 0 aliphatic rings. The van der Waals surface area contributed by atoms with Crippen LogP contribution in [0.5, 0.6) is 0 Å². The van der Waals surface area contributed by atoms with Crippen molar-refractivity contribution in [2.45, 2.75) is 13.5 Å². The summed E-state index contributed by atoms with van der Waals surface area (Å²) in [4.78, 5) is 16.7. The standard InChI is InChI=1S/C21H19N5O/c1-16-22-12-13-25(16)15-21(27)23-20-14-19(17-8-4-2-5-9-17)24-26(20)18-10-6-3-7-11-18/h2-14H,15H2,1H3,(H,23,27). The third-order valence-electron chi connectivity index (χ3n) is 4.28. The maximum absolute atomic E-state index is 12.6. The average Bonchev–Trinajstić information content (AvgIpc) is 3.30. The number of aromatic nitrogens is 4. The molecule has 0 saturated heterocycles. The predicted octanol–water partition coefficient (Wildman–Crippen LogP) is 3.68. The number of benzene rings is 2. The SMILES string of the molecule is Cc1nccn1CC(=O)Nc1cc(-c2ccccc2)nn1-c1ccccc1. The minimum absolute atomic E-state index is 0.132. The number of imidazole rings is 1. The summed E-state index contributed by atoms with van der Waals surface area (Å²) in [6, 6.07) is 21.5. The van der Waals surface area contributed by atoms with Crippen LogP contribution in [0.4, 0.5) is 5.82 Å². The Morgan fingerprint density at radius 2 is 1.74 bits per heavy atom. The second-order valence-electron chi connectivity index (χ2n) is 6.18. The van der Waals surface area contributed by atoms with Gasteiger partial charge in [-0.05, 0) is 19.1 Å². The summed E-state index contributed by atoms with van der Waals surface area (Å²) in [6.45, 7) is 2.07. The van der Waals surface area contributed by atoms with Crippen molar-refractivity contribution in [3.05, 3.63) is 84.9 Å². The molecule has 4 rings (SSSR count). The summed E-state index contributed by atoms with van der Waals surface area (Å²) >= 11 is 0. The molecule has 0 aliphatic carbocycles. The van der Waals surface area contributed by atoms with Gasteiger partial charge in [-0.25, -0.2) is 9.67 Å². The molecule has 0 aliphatic heterocycles. The van der Waals surface area contributed by atoms with Gasteiger partial charge in [0.05, 0.1) is 11.4 Å². The summed E-state index contributed by atoms with van der Waals surface area (Å²) in [7, 11) is 0. The maximum Gasteiger partial charge on any atom is 0.245 e. The summed E-state index contributed by atoms with van der Waals surface area (Å²) in [6.07, 6.45) is 3.48. The second kappa shape index (κ2) is 7.29. The first-order valence-electron chi connectivity index (χ1n) is 8.69. The third kappa shape index (κ3) is 3.64. The van der Waals surface area contributed by atoms with Gasteiger partial charge in [0.15, 0.2) is 0 Å². The Bertz CT molecular complexity index is 1050. The highest BCUT2D eigenvalue weighted by Crippen LogP contribution is 2.24. The van der Waals surface area contributed by atoms with Gasteiger partial charge in [-0.3, -0.25) is 4.79 Å². The largest absolute Gasteiger partial charge is 0.326 e. The Morgan fingerprint density at radius 1 is 1.04 bits per heavy atom. The highest BCUT2D eigenvalue weighted by atomic mass is 16.2. The van der Waals surface area contributed by atoms with Gasteiger partial charge < -0.3 is 9.88 Å². The Kier molecular flexibility index (Phi) is 4.53. The van der Waals surface area contributed by atoms with Crippen LogP contribution in [0.1, 0.15) is 5.82 Å². The molecule has 6 nitrogen and oxygen atoms in total. The number of carbonyl (C=O) groups excluding carboxylic acids is 1. The Morgan fingerprint density at radius 3 is 2.41 bits per heavy atom. The first-order chi connectivity index (χ1) is 13.2. The lowest BCUT2D eigenvalue weighted by atomic mass is 10.2. The van der Waals surface area contributed by atoms with E-state index in [0.717, 1.165) is 22.8 Å². The van der Waals surface area contributed by atoms with Gasteiger partial charge in [0.1, 0.15) is 18.2 Å². The number of anilines is 1. The summed E-state index contributed by atoms with van der Waals surface area (Å²) in [5, 5.41) is 7.68. The van der Waals surface area contributed by atoms with Crippen molar-refractivity contribution in [3.63, 3.8) is 0 Å². The molecule has 1 amide bonds. The predicted molar refractivity (Wildman–Crippen MR) is 105 cm³/mol. The Balaban J connectivity index is 1.67. The number of carbonyl (C=O) groups is 1. The van der Waals surface area contributed by atoms with Crippen molar-refractivity contribution in [1.29, 1.82) is 0 Å². The first kappa shape index (κ1) is 16.8. The van der Waals surface area contributed by atoms with E-state index in [-0.39, 0.29) is 12.5 Å². The Hall–Kier alpha value is -3.67. The van der Waals surface area contributed by atoms with Crippen LogP contribution in [0.2, 0.25) is 0 Å². The lowest BCUT2D eigenvalue weighted by Crippen LogP contribution is -2.20. The molecule has 2 heterocycles. The van der Waals surface area contributed by atoms with Crippen molar-refractivity contribution in [2.75, 3.05) is 5.32 Å². The van der Waals surface area contributed by atoms with Gasteiger partial charge in [-0.15, -0.1) is 0 Å². The molecular weight excluding hydrogens is 338 g/mol. The van der Waals surface area contributed by atoms with Crippen LogP contribution in [-0.4, -0.2) is 25.2 Å². The molecule has 0 saturated carbocycles. The summed E-state index contributed by atoms with van der Waals surface area (Å²) in [5.74, 6) is 1.29. The van der Waals surface area contributed by atoms with Crippen molar-refractivity contribution < 1.29 is 4.79 Å². The Labute approximate surface area is 157 Å². The molecule has 0 spiro atoms. The molecule has 2 aromatic heterocycles. The highest BCUT2D eigenvalue weighted by molar-refractivity contribution is 5.90. The lowest BCUT2D eigenvalue weighted by molar-refractivity contribution is -0.116. The number of amides is 1. The summed E-state index contributed by atoms with van der Waals surface area (Å²) < 4.78 is 3.55. The minimum atomic E-state index is -0.132. The third-order valence-corrected chi connectivity index (χ3v) is 4.28. The minimum Gasteiger partial charge on any atom is -0.326 e. The zero-order chi connectivity index (χ0) is 18.6. The monoisotopic (exact) mass is 357 g/mol. The topological polar surface area (TPSA) is 64.7 Å². The van der Waals surface area contributed by atoms with Crippen LogP contribution < -0.4 is 5.32 Å². The van der Waals surface area contributed by atoms with Crippen LogP contribution in [0.25, 0.3) is 16.9 Å². The zero-order valence-electron chi connectivity index (χ0n) is 14.9. The molecule has 6 heteroatoms. The molecule has 2 aromatic carbocycles. The van der Waals surface area contributed by atoms with Crippen LogP contribution >= 0.6 is 0 Å². The van der Waals surface area contributed by atoms with Gasteiger partial charge >= 0.3 is 0 Å². The molecule has 4 aromatic rings. The first-order valence-corrected chi connectivity index (χ1v) is 8.69.